The van der Waals surface area contributed by atoms with Crippen molar-refractivity contribution in [2.75, 3.05) is 36.0 Å². The zero-order chi connectivity index (χ0) is 22.2. The Morgan fingerprint density at radius 1 is 1.06 bits per heavy atom. The fourth-order valence-corrected chi connectivity index (χ4v) is 5.02. The summed E-state index contributed by atoms with van der Waals surface area (Å²) in [4.78, 5) is 21.2. The Bertz CT molecular complexity index is 1180. The van der Waals surface area contributed by atoms with Crippen LogP contribution in [0.3, 0.4) is 0 Å². The first-order valence-corrected chi connectivity index (χ1v) is 11.6. The molecule has 2 aromatic heterocycles. The van der Waals surface area contributed by atoms with Gasteiger partial charge in [-0.05, 0) is 62.1 Å². The molecule has 1 aliphatic heterocycles. The molecule has 164 valence electrons. The Labute approximate surface area is 189 Å². The second-order valence-electron chi connectivity index (χ2n) is 9.08. The maximum Gasteiger partial charge on any atom is 0.159 e. The van der Waals surface area contributed by atoms with E-state index in [0.29, 0.717) is 6.04 Å². The Morgan fingerprint density at radius 2 is 1.75 bits per heavy atom. The summed E-state index contributed by atoms with van der Waals surface area (Å²) in [6.07, 6.45) is 5.58. The van der Waals surface area contributed by atoms with Gasteiger partial charge in [0.05, 0.1) is 5.56 Å². The minimum atomic E-state index is 0.0965. The molecule has 3 heterocycles. The largest absolute Gasteiger partial charge is 0.368 e. The molecule has 6 nitrogen and oxygen atoms in total. The van der Waals surface area contributed by atoms with Gasteiger partial charge in [-0.15, -0.1) is 0 Å². The van der Waals surface area contributed by atoms with Crippen LogP contribution in [0.5, 0.6) is 0 Å². The predicted octanol–water partition coefficient (Wildman–Crippen LogP) is 4.80. The first-order valence-electron chi connectivity index (χ1n) is 11.6. The minimum absolute atomic E-state index is 0.0965. The number of nitriles is 1. The van der Waals surface area contributed by atoms with Crippen molar-refractivity contribution in [3.05, 3.63) is 53.7 Å². The van der Waals surface area contributed by atoms with E-state index >= 15 is 0 Å². The zero-order valence-electron chi connectivity index (χ0n) is 18.8. The normalized spacial score (nSPS) is 20.8. The van der Waals surface area contributed by atoms with E-state index in [1.165, 1.54) is 19.3 Å². The van der Waals surface area contributed by atoms with Gasteiger partial charge in [0.2, 0.25) is 0 Å². The SMILES string of the molecule is CCC1CC(n2cc(C#N)c3ccc(N4CCN(c5ccc(C(C)=O)cc5)CC4)nc32)C1. The summed E-state index contributed by atoms with van der Waals surface area (Å²) in [5.41, 5.74) is 3.57. The van der Waals surface area contributed by atoms with E-state index in [9.17, 15) is 10.1 Å². The lowest BCUT2D eigenvalue weighted by atomic mass is 9.78. The van der Waals surface area contributed by atoms with Crippen LogP contribution in [0.4, 0.5) is 11.5 Å². The lowest BCUT2D eigenvalue weighted by molar-refractivity contribution is 0.101. The highest BCUT2D eigenvalue weighted by Gasteiger charge is 2.31. The van der Waals surface area contributed by atoms with E-state index in [-0.39, 0.29) is 5.78 Å². The number of ketones is 1. The molecular weight excluding hydrogens is 398 g/mol. The van der Waals surface area contributed by atoms with Crippen LogP contribution in [-0.2, 0) is 0 Å². The van der Waals surface area contributed by atoms with Gasteiger partial charge in [-0.1, -0.05) is 13.3 Å². The van der Waals surface area contributed by atoms with Gasteiger partial charge in [0.1, 0.15) is 17.5 Å². The fraction of sp³-hybridized carbons (Fsp3) is 0.423. The van der Waals surface area contributed by atoms with Crippen molar-refractivity contribution in [2.45, 2.75) is 39.2 Å². The second kappa shape index (κ2) is 8.31. The van der Waals surface area contributed by atoms with Crippen molar-refractivity contribution >= 4 is 28.3 Å². The highest BCUT2D eigenvalue weighted by Crippen LogP contribution is 2.42. The minimum Gasteiger partial charge on any atom is -0.368 e. The summed E-state index contributed by atoms with van der Waals surface area (Å²) in [5.74, 6) is 1.88. The van der Waals surface area contributed by atoms with Crippen molar-refractivity contribution in [2.24, 2.45) is 5.92 Å². The number of carbonyl (C=O) groups excluding carboxylic acids is 1. The molecule has 2 fully saturated rings. The number of carbonyl (C=O) groups is 1. The molecule has 1 aliphatic carbocycles. The number of hydrogen-bond donors (Lipinski definition) is 0. The van der Waals surface area contributed by atoms with Crippen LogP contribution < -0.4 is 9.80 Å². The fourth-order valence-electron chi connectivity index (χ4n) is 5.02. The highest BCUT2D eigenvalue weighted by atomic mass is 16.1. The van der Waals surface area contributed by atoms with E-state index in [0.717, 1.165) is 65.8 Å². The van der Waals surface area contributed by atoms with Crippen molar-refractivity contribution in [1.29, 1.82) is 5.26 Å². The molecule has 6 heteroatoms. The molecule has 0 unspecified atom stereocenters. The van der Waals surface area contributed by atoms with E-state index in [4.69, 9.17) is 4.98 Å². The lowest BCUT2D eigenvalue weighted by Crippen LogP contribution is -2.46. The number of fused-ring (bicyclic) bond motifs is 1. The summed E-state index contributed by atoms with van der Waals surface area (Å²) in [7, 11) is 0. The number of piperazine rings is 1. The third-order valence-electron chi connectivity index (χ3n) is 7.21. The molecule has 2 aliphatic rings. The molecular formula is C26H29N5O. The van der Waals surface area contributed by atoms with Gasteiger partial charge in [-0.2, -0.15) is 5.26 Å². The van der Waals surface area contributed by atoms with Crippen molar-refractivity contribution in [3.63, 3.8) is 0 Å². The number of Topliss-reactive ketones (excluding diaryl/α,β-unsaturated/α-hetero) is 1. The van der Waals surface area contributed by atoms with Gasteiger partial charge >= 0.3 is 0 Å². The molecule has 5 rings (SSSR count). The number of benzene rings is 1. The topological polar surface area (TPSA) is 65.2 Å². The van der Waals surface area contributed by atoms with E-state index in [1.54, 1.807) is 6.92 Å². The van der Waals surface area contributed by atoms with Crippen LogP contribution in [0.15, 0.2) is 42.6 Å². The van der Waals surface area contributed by atoms with Gasteiger partial charge in [-0.25, -0.2) is 4.98 Å². The van der Waals surface area contributed by atoms with E-state index in [2.05, 4.69) is 39.5 Å². The molecule has 1 aromatic carbocycles. The first-order chi connectivity index (χ1) is 15.6. The smallest absolute Gasteiger partial charge is 0.159 e. The third-order valence-corrected chi connectivity index (χ3v) is 7.21. The Balaban J connectivity index is 1.33. The summed E-state index contributed by atoms with van der Waals surface area (Å²) in [5, 5.41) is 10.6. The van der Waals surface area contributed by atoms with Gasteiger partial charge in [0.15, 0.2) is 5.78 Å². The standard InChI is InChI=1S/C26H29N5O/c1-3-19-14-23(15-19)31-17-21(16-27)24-8-9-25(28-26(24)31)30-12-10-29(11-13-30)22-6-4-20(5-7-22)18(2)32/h4-9,17,19,23H,3,10-15H2,1-2H3. The monoisotopic (exact) mass is 427 g/mol. The third kappa shape index (κ3) is 3.62. The summed E-state index contributed by atoms with van der Waals surface area (Å²) >= 11 is 0. The van der Waals surface area contributed by atoms with Crippen LogP contribution >= 0.6 is 0 Å². The van der Waals surface area contributed by atoms with Gasteiger partial charge in [0, 0.05) is 55.1 Å². The molecule has 1 saturated carbocycles. The molecule has 0 atom stereocenters. The number of aromatic nitrogens is 2. The molecule has 32 heavy (non-hydrogen) atoms. The van der Waals surface area contributed by atoms with Crippen LogP contribution in [0.1, 0.15) is 55.1 Å². The Hall–Kier alpha value is -3.33. The van der Waals surface area contributed by atoms with E-state index in [1.807, 2.05) is 30.5 Å². The van der Waals surface area contributed by atoms with Crippen molar-refractivity contribution in [1.82, 2.24) is 9.55 Å². The average Bonchev–Trinajstić information content (AvgIpc) is 3.16. The van der Waals surface area contributed by atoms with Crippen LogP contribution in [0, 0.1) is 17.2 Å². The van der Waals surface area contributed by atoms with Crippen LogP contribution in [-0.4, -0.2) is 41.5 Å². The highest BCUT2D eigenvalue weighted by molar-refractivity contribution is 5.94. The second-order valence-corrected chi connectivity index (χ2v) is 9.08. The van der Waals surface area contributed by atoms with Crippen molar-refractivity contribution < 1.29 is 4.79 Å². The number of anilines is 2. The Morgan fingerprint density at radius 3 is 2.38 bits per heavy atom. The zero-order valence-corrected chi connectivity index (χ0v) is 18.8. The molecule has 0 radical (unpaired) electrons. The van der Waals surface area contributed by atoms with Gasteiger partial charge in [-0.3, -0.25) is 4.79 Å². The molecule has 0 bridgehead atoms. The quantitative estimate of drug-likeness (QED) is 0.547. The molecule has 0 N–H and O–H groups in total. The number of pyridine rings is 1. The predicted molar refractivity (Wildman–Crippen MR) is 127 cm³/mol. The summed E-state index contributed by atoms with van der Waals surface area (Å²) in [6, 6.07) is 14.8. The molecule has 0 spiro atoms. The van der Waals surface area contributed by atoms with Crippen LogP contribution in [0.25, 0.3) is 11.0 Å². The van der Waals surface area contributed by atoms with Crippen molar-refractivity contribution in [3.8, 4) is 6.07 Å². The molecule has 1 saturated heterocycles. The summed E-state index contributed by atoms with van der Waals surface area (Å²) < 4.78 is 2.25. The first kappa shape index (κ1) is 20.6. The maximum absolute atomic E-state index is 11.5. The summed E-state index contributed by atoms with van der Waals surface area (Å²) in [6.45, 7) is 7.44. The Kier molecular flexibility index (Phi) is 5.34. The number of hydrogen-bond acceptors (Lipinski definition) is 5. The molecule has 3 aromatic rings. The number of nitrogens with zero attached hydrogens (tertiary/aromatic N) is 5. The van der Waals surface area contributed by atoms with Gasteiger partial charge < -0.3 is 14.4 Å². The van der Waals surface area contributed by atoms with Gasteiger partial charge in [0.25, 0.3) is 0 Å². The average molecular weight is 428 g/mol. The number of rotatable bonds is 5. The van der Waals surface area contributed by atoms with Crippen LogP contribution in [0.2, 0.25) is 0 Å². The van der Waals surface area contributed by atoms with E-state index < -0.39 is 0 Å². The lowest BCUT2D eigenvalue weighted by Gasteiger charge is -2.37. The molecule has 0 amide bonds. The maximum atomic E-state index is 11.5.